The number of nitriles is 1. The van der Waals surface area contributed by atoms with Crippen LogP contribution in [0.25, 0.3) is 6.08 Å². The van der Waals surface area contributed by atoms with Crippen molar-refractivity contribution in [3.63, 3.8) is 0 Å². The molecule has 0 unspecified atom stereocenters. The molecule has 8 N–H and O–H groups in total. The van der Waals surface area contributed by atoms with Gasteiger partial charge in [0.1, 0.15) is 30.3 Å². The highest BCUT2D eigenvalue weighted by Gasteiger charge is 2.68. The number of oxazole rings is 1. The number of nitrogens with zero attached hydrogens (tertiary/aromatic N) is 3. The minimum absolute atomic E-state index is 0.0641. The molecule has 390 valence electrons. The number of carbonyl (C=O) groups excluding carboxylic acids is 1. The number of aromatic nitrogens is 1. The maximum atomic E-state index is 12.6. The molecule has 0 radical (unpaired) electrons. The molecule has 0 bridgehead atoms. The van der Waals surface area contributed by atoms with Crippen LogP contribution < -0.4 is 5.32 Å². The number of allylic oxidation sites excluding steroid dienone is 7. The van der Waals surface area contributed by atoms with E-state index in [1.807, 2.05) is 58.9 Å². The van der Waals surface area contributed by atoms with E-state index in [0.29, 0.717) is 18.0 Å². The number of phosphoric acid groups is 1. The first-order valence-corrected chi connectivity index (χ1v) is 24.9. The summed E-state index contributed by atoms with van der Waals surface area (Å²) in [6.07, 6.45) is 5.51. The van der Waals surface area contributed by atoms with Crippen LogP contribution in [-0.4, -0.2) is 159 Å². The Morgan fingerprint density at radius 3 is 2.36 bits per heavy atom. The van der Waals surface area contributed by atoms with Crippen LogP contribution in [0.2, 0.25) is 0 Å². The second-order valence-electron chi connectivity index (χ2n) is 19.4. The van der Waals surface area contributed by atoms with Gasteiger partial charge < -0.3 is 68.9 Å². The van der Waals surface area contributed by atoms with Crippen molar-refractivity contribution in [2.24, 2.45) is 23.2 Å². The Labute approximate surface area is 407 Å². The molecule has 2 aliphatic rings. The standard InChI is InChI=1S/C49H79N4O15P/c1-29(18-15-13-14-16-22-50)31(3)24-32(4)41(56)34(6)37(54)25-40(64-12)44-45(68-69(60,61)62)48(7,8)49(67-44)26-38(55)33(5)39(66-49)20-17-19-35-27-65-47(52-35)30(2)21-23-51-46(59)43(58)42(57)36(28-63-11)53(9)10/h13-19,24,27,30,32-34,36-45,54-58H,20-21,23,25-26,28H2,1-12H3,(H,51,59)(H2,60,61,62)/b15-13+,16-14-,19-17+,29-18-,31-24+/t30-,32+,33-,34-,36-,37-,38+,39-,40-,41+,42-,43-,44+,45-,49+/m0/s1. The number of rotatable bonds is 26. The lowest BCUT2D eigenvalue weighted by Gasteiger charge is -2.50. The number of phosphoric ester groups is 1. The molecule has 69 heavy (non-hydrogen) atoms. The Kier molecular flexibility index (Phi) is 23.3. The topological polar surface area (TPSA) is 287 Å². The Bertz CT molecular complexity index is 2030. The minimum atomic E-state index is -5.15. The normalized spacial score (nSPS) is 27.7. The summed E-state index contributed by atoms with van der Waals surface area (Å²) in [6.45, 7) is 14.7. The van der Waals surface area contributed by atoms with Gasteiger partial charge in [0, 0.05) is 68.8 Å². The van der Waals surface area contributed by atoms with Gasteiger partial charge in [-0.2, -0.15) is 5.26 Å². The first kappa shape index (κ1) is 59.9. The lowest BCUT2D eigenvalue weighted by atomic mass is 9.72. The Morgan fingerprint density at radius 2 is 1.75 bits per heavy atom. The molecule has 3 rings (SSSR count). The van der Waals surface area contributed by atoms with Crippen LogP contribution in [0.5, 0.6) is 0 Å². The van der Waals surface area contributed by atoms with E-state index in [1.165, 1.54) is 26.6 Å². The van der Waals surface area contributed by atoms with Crippen LogP contribution in [0.4, 0.5) is 0 Å². The molecule has 19 nitrogen and oxygen atoms in total. The van der Waals surface area contributed by atoms with E-state index < -0.39 is 97.7 Å². The SMILES string of the molecule is COC[C@@H]([C@H](O)[C@H](O)C(=O)NCC[C@H](C)c1nc(/C=C/C[C@@H]2O[C@]3(C[C@@H](O)[C@@H]2C)O[C@H]([C@H](C[C@H](O)[C@H](C)[C@H](O)[C@H](C)/C=C(C)/C(C)=C\C=C\C=C/C#N)OC)[C@H](OP(=O)(O)O)C3(C)C)co1)N(C)C. The van der Waals surface area contributed by atoms with Gasteiger partial charge in [0.2, 0.25) is 0 Å². The molecule has 2 saturated heterocycles. The van der Waals surface area contributed by atoms with E-state index in [9.17, 15) is 44.7 Å². The van der Waals surface area contributed by atoms with Gasteiger partial charge in [-0.15, -0.1) is 0 Å². The summed E-state index contributed by atoms with van der Waals surface area (Å²) in [5.74, 6) is -3.62. The molecule has 0 saturated carbocycles. The Morgan fingerprint density at radius 1 is 1.07 bits per heavy atom. The number of methoxy groups -OCH3 is 2. The van der Waals surface area contributed by atoms with Crippen molar-refractivity contribution in [2.45, 2.75) is 154 Å². The van der Waals surface area contributed by atoms with Crippen molar-refractivity contribution in [1.82, 2.24) is 15.2 Å². The highest BCUT2D eigenvalue weighted by atomic mass is 31.2. The number of ether oxygens (including phenoxy) is 4. The number of nitrogens with one attached hydrogen (secondary N) is 1. The maximum absolute atomic E-state index is 12.6. The number of hydrogen-bond donors (Lipinski definition) is 8. The number of likely N-dealkylation sites (N-methyl/N-ethyl adjacent to an activating group) is 1. The zero-order chi connectivity index (χ0) is 52.0. The fraction of sp³-hybridized carbons (Fsp3) is 0.694. The van der Waals surface area contributed by atoms with Gasteiger partial charge in [-0.1, -0.05) is 83.6 Å². The van der Waals surface area contributed by atoms with E-state index in [1.54, 1.807) is 64.1 Å². The van der Waals surface area contributed by atoms with E-state index >= 15 is 0 Å². The number of amides is 1. The van der Waals surface area contributed by atoms with Crippen LogP contribution in [0.1, 0.15) is 98.6 Å². The Hall–Kier alpha value is -3.42. The smallest absolute Gasteiger partial charge is 0.448 e. The van der Waals surface area contributed by atoms with Gasteiger partial charge in [-0.05, 0) is 52.4 Å². The second kappa shape index (κ2) is 26.9. The quantitative estimate of drug-likeness (QED) is 0.0365. The summed E-state index contributed by atoms with van der Waals surface area (Å²) in [6, 6.07) is 1.33. The largest absolute Gasteiger partial charge is 0.469 e. The molecular formula is C49H79N4O15P. The molecule has 0 aliphatic carbocycles. The van der Waals surface area contributed by atoms with Gasteiger partial charge in [0.15, 0.2) is 17.8 Å². The third-order valence-corrected chi connectivity index (χ3v) is 14.3. The molecule has 0 aromatic carbocycles. The van der Waals surface area contributed by atoms with Crippen LogP contribution in [0.3, 0.4) is 0 Å². The van der Waals surface area contributed by atoms with E-state index in [2.05, 4.69) is 10.3 Å². The average molecular weight is 995 g/mol. The van der Waals surface area contributed by atoms with Crippen molar-refractivity contribution in [2.75, 3.05) is 41.5 Å². The minimum Gasteiger partial charge on any atom is -0.448 e. The fourth-order valence-electron chi connectivity index (χ4n) is 8.83. The summed E-state index contributed by atoms with van der Waals surface area (Å²) in [5, 5.41) is 66.8. The van der Waals surface area contributed by atoms with Crippen molar-refractivity contribution in [3.8, 4) is 6.07 Å². The van der Waals surface area contributed by atoms with Crippen LogP contribution in [0.15, 0.2) is 64.4 Å². The molecule has 15 atom stereocenters. The van der Waals surface area contributed by atoms with E-state index in [4.69, 9.17) is 33.2 Å². The van der Waals surface area contributed by atoms with Crippen LogP contribution in [0, 0.1) is 34.5 Å². The molecule has 3 heterocycles. The summed E-state index contributed by atoms with van der Waals surface area (Å²) in [4.78, 5) is 39.2. The van der Waals surface area contributed by atoms with Crippen molar-refractivity contribution >= 4 is 19.8 Å². The number of aliphatic hydroxyl groups excluding tert-OH is 5. The number of hydrogen-bond acceptors (Lipinski definition) is 16. The van der Waals surface area contributed by atoms with E-state index in [-0.39, 0.29) is 44.2 Å². The first-order chi connectivity index (χ1) is 32.2. The van der Waals surface area contributed by atoms with Crippen LogP contribution >= 0.6 is 7.82 Å². The fourth-order valence-corrected chi connectivity index (χ4v) is 9.51. The highest BCUT2D eigenvalue weighted by molar-refractivity contribution is 7.46. The molecule has 1 aromatic heterocycles. The predicted molar refractivity (Wildman–Crippen MR) is 258 cm³/mol. The van der Waals surface area contributed by atoms with E-state index in [0.717, 1.165) is 11.1 Å². The monoisotopic (exact) mass is 995 g/mol. The zero-order valence-corrected chi connectivity index (χ0v) is 43.1. The predicted octanol–water partition coefficient (Wildman–Crippen LogP) is 4.30. The van der Waals surface area contributed by atoms with Gasteiger partial charge >= 0.3 is 7.82 Å². The lowest BCUT2D eigenvalue weighted by molar-refractivity contribution is -0.334. The maximum Gasteiger partial charge on any atom is 0.469 e. The molecular weight excluding hydrogens is 916 g/mol. The molecule has 1 spiro atoms. The molecule has 1 aromatic rings. The van der Waals surface area contributed by atoms with Gasteiger partial charge in [0.05, 0.1) is 49.2 Å². The van der Waals surface area contributed by atoms with Crippen molar-refractivity contribution in [3.05, 3.63) is 71.5 Å². The molecule has 2 fully saturated rings. The summed E-state index contributed by atoms with van der Waals surface area (Å²) in [7, 11) is 1.12. The first-order valence-electron chi connectivity index (χ1n) is 23.4. The summed E-state index contributed by atoms with van der Waals surface area (Å²) >= 11 is 0. The zero-order valence-electron chi connectivity index (χ0n) is 42.2. The van der Waals surface area contributed by atoms with Crippen LogP contribution in [-0.2, 0) is 32.8 Å². The van der Waals surface area contributed by atoms with Crippen molar-refractivity contribution < 1.29 is 72.6 Å². The summed E-state index contributed by atoms with van der Waals surface area (Å²) < 4.78 is 48.2. The third kappa shape index (κ3) is 16.3. The number of carbonyl (C=O) groups is 1. The highest BCUT2D eigenvalue weighted by Crippen LogP contribution is 2.59. The molecule has 2 aliphatic heterocycles. The lowest BCUT2D eigenvalue weighted by Crippen LogP contribution is -2.58. The number of aliphatic hydroxyl groups is 5. The van der Waals surface area contributed by atoms with Gasteiger partial charge in [0.25, 0.3) is 5.91 Å². The van der Waals surface area contributed by atoms with Gasteiger partial charge in [-0.25, -0.2) is 9.55 Å². The second-order valence-corrected chi connectivity index (χ2v) is 20.6. The average Bonchev–Trinajstić information content (AvgIpc) is 3.84. The molecule has 20 heteroatoms. The van der Waals surface area contributed by atoms with Gasteiger partial charge in [-0.3, -0.25) is 9.32 Å². The Balaban J connectivity index is 1.74. The molecule has 1 amide bonds. The summed E-state index contributed by atoms with van der Waals surface area (Å²) in [5.41, 5.74) is 1.06. The van der Waals surface area contributed by atoms with Crippen molar-refractivity contribution in [1.29, 1.82) is 5.26 Å². The third-order valence-electron chi connectivity index (χ3n) is 13.8.